The number of amides is 1. The van der Waals surface area contributed by atoms with Crippen LogP contribution >= 0.6 is 11.8 Å². The minimum absolute atomic E-state index is 0.109. The molecule has 5 nitrogen and oxygen atoms in total. The number of hydrogen-bond donors (Lipinski definition) is 2. The molecule has 126 valence electrons. The highest BCUT2D eigenvalue weighted by atomic mass is 32.2. The van der Waals surface area contributed by atoms with Crippen LogP contribution in [0.3, 0.4) is 0 Å². The highest BCUT2D eigenvalue weighted by Gasteiger charge is 2.07. The molecule has 6 heteroatoms. The molecule has 0 unspecified atom stereocenters. The number of thioether (sulfide) groups is 1. The van der Waals surface area contributed by atoms with E-state index in [1.54, 1.807) is 30.6 Å². The Morgan fingerprint density at radius 3 is 2.60 bits per heavy atom. The lowest BCUT2D eigenvalue weighted by atomic mass is 10.2. The summed E-state index contributed by atoms with van der Waals surface area (Å²) in [6.07, 6.45) is 3.12. The van der Waals surface area contributed by atoms with Crippen molar-refractivity contribution in [2.24, 2.45) is 0 Å². The second-order valence-electron chi connectivity index (χ2n) is 5.45. The lowest BCUT2D eigenvalue weighted by molar-refractivity contribution is -0.113. The van der Waals surface area contributed by atoms with Crippen molar-refractivity contribution in [3.8, 4) is 17.1 Å². The molecule has 1 heterocycles. The maximum Gasteiger partial charge on any atom is 0.234 e. The predicted octanol–water partition coefficient (Wildman–Crippen LogP) is 3.89. The van der Waals surface area contributed by atoms with Gasteiger partial charge in [-0.3, -0.25) is 4.79 Å². The van der Waals surface area contributed by atoms with Crippen LogP contribution in [0, 0.1) is 6.92 Å². The fourth-order valence-corrected chi connectivity index (χ4v) is 3.07. The standard InChI is InChI=1S/C19H17N3O2S/c1-13-5-2-3-8-17(13)25-12-18(24)22-15-10-20-19(21-11-15)14-6-4-7-16(23)9-14/h2-11,23H,12H2,1H3,(H,22,24). The molecule has 2 aromatic carbocycles. The van der Waals surface area contributed by atoms with E-state index in [4.69, 9.17) is 0 Å². The Balaban J connectivity index is 1.59. The average molecular weight is 351 g/mol. The van der Waals surface area contributed by atoms with Crippen LogP contribution in [0.25, 0.3) is 11.4 Å². The zero-order chi connectivity index (χ0) is 17.6. The first-order valence-corrected chi connectivity index (χ1v) is 8.70. The minimum Gasteiger partial charge on any atom is -0.508 e. The zero-order valence-electron chi connectivity index (χ0n) is 13.6. The van der Waals surface area contributed by atoms with E-state index >= 15 is 0 Å². The van der Waals surface area contributed by atoms with Gasteiger partial charge in [0.2, 0.25) is 5.91 Å². The molecule has 0 fully saturated rings. The van der Waals surface area contributed by atoms with Crippen molar-refractivity contribution >= 4 is 23.4 Å². The number of phenolic OH excluding ortho intramolecular Hbond substituents is 1. The van der Waals surface area contributed by atoms with E-state index in [2.05, 4.69) is 15.3 Å². The molecule has 0 bridgehead atoms. The largest absolute Gasteiger partial charge is 0.508 e. The van der Waals surface area contributed by atoms with Crippen molar-refractivity contribution in [2.75, 3.05) is 11.1 Å². The Morgan fingerprint density at radius 1 is 1.12 bits per heavy atom. The van der Waals surface area contributed by atoms with Crippen LogP contribution in [0.5, 0.6) is 5.75 Å². The number of nitrogens with zero attached hydrogens (tertiary/aromatic N) is 2. The second-order valence-corrected chi connectivity index (χ2v) is 6.47. The molecule has 0 atom stereocenters. The summed E-state index contributed by atoms with van der Waals surface area (Å²) in [5, 5.41) is 12.3. The third-order valence-corrected chi connectivity index (χ3v) is 4.67. The van der Waals surface area contributed by atoms with Crippen LogP contribution in [-0.2, 0) is 4.79 Å². The quantitative estimate of drug-likeness (QED) is 0.682. The van der Waals surface area contributed by atoms with Gasteiger partial charge in [0.1, 0.15) is 5.75 Å². The zero-order valence-corrected chi connectivity index (χ0v) is 14.5. The third-order valence-electron chi connectivity index (χ3n) is 3.49. The van der Waals surface area contributed by atoms with Crippen molar-refractivity contribution in [2.45, 2.75) is 11.8 Å². The summed E-state index contributed by atoms with van der Waals surface area (Å²) in [5.41, 5.74) is 2.41. The van der Waals surface area contributed by atoms with Gasteiger partial charge in [-0.15, -0.1) is 11.8 Å². The first kappa shape index (κ1) is 17.0. The fraction of sp³-hybridized carbons (Fsp3) is 0.105. The molecule has 0 saturated heterocycles. The molecule has 2 N–H and O–H groups in total. The summed E-state index contributed by atoms with van der Waals surface area (Å²) >= 11 is 1.50. The Bertz CT molecular complexity index is 882. The van der Waals surface area contributed by atoms with Gasteiger partial charge in [-0.1, -0.05) is 30.3 Å². The molecule has 25 heavy (non-hydrogen) atoms. The number of aryl methyl sites for hydroxylation is 1. The molecule has 1 amide bonds. The summed E-state index contributed by atoms with van der Waals surface area (Å²) < 4.78 is 0. The molecule has 0 spiro atoms. The van der Waals surface area contributed by atoms with Gasteiger partial charge in [0, 0.05) is 10.5 Å². The van der Waals surface area contributed by atoms with E-state index < -0.39 is 0 Å². The molecule has 3 rings (SSSR count). The van der Waals surface area contributed by atoms with Crippen LogP contribution < -0.4 is 5.32 Å². The Kier molecular flexibility index (Phi) is 5.30. The van der Waals surface area contributed by atoms with E-state index in [1.165, 1.54) is 11.8 Å². The lowest BCUT2D eigenvalue weighted by Gasteiger charge is -2.07. The summed E-state index contributed by atoms with van der Waals surface area (Å²) in [5.74, 6) is 0.857. The van der Waals surface area contributed by atoms with Crippen LogP contribution in [0.2, 0.25) is 0 Å². The molecule has 1 aromatic heterocycles. The van der Waals surface area contributed by atoms with Gasteiger partial charge in [0.15, 0.2) is 5.82 Å². The Labute approximate surface area is 150 Å². The molecule has 0 radical (unpaired) electrons. The van der Waals surface area contributed by atoms with E-state index in [9.17, 15) is 9.90 Å². The number of carbonyl (C=O) groups excluding carboxylic acids is 1. The molecule has 0 aliphatic rings. The third kappa shape index (κ3) is 4.58. The normalized spacial score (nSPS) is 10.4. The number of aromatic nitrogens is 2. The average Bonchev–Trinajstić information content (AvgIpc) is 2.62. The van der Waals surface area contributed by atoms with E-state index in [0.717, 1.165) is 10.5 Å². The van der Waals surface area contributed by atoms with Gasteiger partial charge in [-0.2, -0.15) is 0 Å². The second kappa shape index (κ2) is 7.81. The monoisotopic (exact) mass is 351 g/mol. The van der Waals surface area contributed by atoms with E-state index in [0.29, 0.717) is 22.8 Å². The van der Waals surface area contributed by atoms with Crippen LogP contribution in [0.1, 0.15) is 5.56 Å². The highest BCUT2D eigenvalue weighted by Crippen LogP contribution is 2.22. The maximum atomic E-state index is 12.1. The summed E-state index contributed by atoms with van der Waals surface area (Å²) in [7, 11) is 0. The van der Waals surface area contributed by atoms with Crippen molar-refractivity contribution in [3.63, 3.8) is 0 Å². The van der Waals surface area contributed by atoms with Crippen molar-refractivity contribution in [1.29, 1.82) is 0 Å². The smallest absolute Gasteiger partial charge is 0.234 e. The van der Waals surface area contributed by atoms with Gasteiger partial charge in [0.05, 0.1) is 23.8 Å². The first-order valence-electron chi connectivity index (χ1n) is 7.71. The summed E-state index contributed by atoms with van der Waals surface area (Å²) in [6, 6.07) is 14.7. The van der Waals surface area contributed by atoms with Crippen molar-refractivity contribution < 1.29 is 9.90 Å². The minimum atomic E-state index is -0.109. The summed E-state index contributed by atoms with van der Waals surface area (Å²) in [6.45, 7) is 2.02. The highest BCUT2D eigenvalue weighted by molar-refractivity contribution is 8.00. The molecule has 3 aromatic rings. The van der Waals surface area contributed by atoms with E-state index in [1.807, 2.05) is 37.3 Å². The molecular formula is C19H17N3O2S. The predicted molar refractivity (Wildman–Crippen MR) is 99.7 cm³/mol. The SMILES string of the molecule is Cc1ccccc1SCC(=O)Nc1cnc(-c2cccc(O)c2)nc1. The van der Waals surface area contributed by atoms with Gasteiger partial charge < -0.3 is 10.4 Å². The van der Waals surface area contributed by atoms with Crippen LogP contribution in [0.4, 0.5) is 5.69 Å². The van der Waals surface area contributed by atoms with Crippen LogP contribution in [0.15, 0.2) is 65.8 Å². The number of phenols is 1. The Morgan fingerprint density at radius 2 is 1.88 bits per heavy atom. The number of carbonyl (C=O) groups is 1. The lowest BCUT2D eigenvalue weighted by Crippen LogP contribution is -2.14. The first-order chi connectivity index (χ1) is 12.1. The van der Waals surface area contributed by atoms with Crippen molar-refractivity contribution in [3.05, 3.63) is 66.5 Å². The molecule has 0 aliphatic heterocycles. The number of aromatic hydroxyl groups is 1. The molecule has 0 aliphatic carbocycles. The number of nitrogens with one attached hydrogen (secondary N) is 1. The summed E-state index contributed by atoms with van der Waals surface area (Å²) in [4.78, 5) is 21.6. The van der Waals surface area contributed by atoms with Crippen LogP contribution in [-0.4, -0.2) is 26.7 Å². The number of rotatable bonds is 5. The van der Waals surface area contributed by atoms with Gasteiger partial charge in [0.25, 0.3) is 0 Å². The van der Waals surface area contributed by atoms with Gasteiger partial charge in [-0.05, 0) is 30.7 Å². The molecular weight excluding hydrogens is 334 g/mol. The number of benzene rings is 2. The maximum absolute atomic E-state index is 12.1. The molecule has 0 saturated carbocycles. The topological polar surface area (TPSA) is 75.1 Å². The van der Waals surface area contributed by atoms with Gasteiger partial charge in [-0.25, -0.2) is 9.97 Å². The van der Waals surface area contributed by atoms with Gasteiger partial charge >= 0.3 is 0 Å². The fourth-order valence-electron chi connectivity index (χ4n) is 2.25. The Hall–Kier alpha value is -2.86. The van der Waals surface area contributed by atoms with Crippen molar-refractivity contribution in [1.82, 2.24) is 9.97 Å². The van der Waals surface area contributed by atoms with E-state index in [-0.39, 0.29) is 11.7 Å². The number of hydrogen-bond acceptors (Lipinski definition) is 5. The number of anilines is 1.